The van der Waals surface area contributed by atoms with E-state index >= 15 is 0 Å². The number of hydrogen-bond donors (Lipinski definition) is 1. The van der Waals surface area contributed by atoms with Crippen molar-refractivity contribution in [3.8, 4) is 5.75 Å². The molecule has 2 aromatic carbocycles. The van der Waals surface area contributed by atoms with Gasteiger partial charge in [0.15, 0.2) is 0 Å². The smallest absolute Gasteiger partial charge is 0.238 e. The molecule has 0 aromatic heterocycles. The molecule has 6 heteroatoms. The number of hydrogen-bond acceptors (Lipinski definition) is 4. The van der Waals surface area contributed by atoms with E-state index < -0.39 is 5.25 Å². The van der Waals surface area contributed by atoms with Crippen molar-refractivity contribution >= 4 is 29.3 Å². The molecule has 0 radical (unpaired) electrons. The number of amides is 2. The number of carbonyl (C=O) groups excluding carboxylic acids is 2. The summed E-state index contributed by atoms with van der Waals surface area (Å²) < 4.78 is 5.43. The minimum absolute atomic E-state index is 0.0501. The third-order valence-electron chi connectivity index (χ3n) is 4.15. The number of rotatable bonds is 6. The molecule has 0 bridgehead atoms. The molecule has 3 rings (SSSR count). The Balaban J connectivity index is 1.58. The molecule has 0 aliphatic carbocycles. The second-order valence-electron chi connectivity index (χ2n) is 6.12. The number of anilines is 1. The Labute approximate surface area is 157 Å². The molecule has 2 amide bonds. The van der Waals surface area contributed by atoms with Crippen LogP contribution in [0.1, 0.15) is 18.9 Å². The first-order valence-electron chi connectivity index (χ1n) is 8.59. The second-order valence-corrected chi connectivity index (χ2v) is 7.37. The molecule has 1 aliphatic heterocycles. The zero-order chi connectivity index (χ0) is 18.5. The molecule has 0 unspecified atom stereocenters. The zero-order valence-electron chi connectivity index (χ0n) is 14.9. The van der Waals surface area contributed by atoms with Crippen LogP contribution in [0.2, 0.25) is 0 Å². The lowest BCUT2D eigenvalue weighted by atomic mass is 10.2. The van der Waals surface area contributed by atoms with E-state index in [0.29, 0.717) is 13.2 Å². The summed E-state index contributed by atoms with van der Waals surface area (Å²) in [7, 11) is 1.76. The summed E-state index contributed by atoms with van der Waals surface area (Å²) in [6.07, 6.45) is 0.179. The lowest BCUT2D eigenvalue weighted by Crippen LogP contribution is -2.35. The van der Waals surface area contributed by atoms with Crippen molar-refractivity contribution in [3.63, 3.8) is 0 Å². The molecule has 2 aromatic rings. The highest BCUT2D eigenvalue weighted by molar-refractivity contribution is 8.01. The summed E-state index contributed by atoms with van der Waals surface area (Å²) in [5, 5.41) is 2.48. The molecule has 1 heterocycles. The van der Waals surface area contributed by atoms with E-state index in [0.717, 1.165) is 21.9 Å². The minimum Gasteiger partial charge on any atom is -0.494 e. The van der Waals surface area contributed by atoms with Gasteiger partial charge in [0.1, 0.15) is 5.75 Å². The molecule has 5 nitrogen and oxygen atoms in total. The van der Waals surface area contributed by atoms with Crippen LogP contribution < -0.4 is 10.1 Å². The molecule has 0 saturated carbocycles. The van der Waals surface area contributed by atoms with Gasteiger partial charge < -0.3 is 15.0 Å². The molecule has 136 valence electrons. The van der Waals surface area contributed by atoms with Crippen LogP contribution >= 0.6 is 11.8 Å². The number of fused-ring (bicyclic) bond motifs is 1. The number of ether oxygens (including phenoxy) is 1. The van der Waals surface area contributed by atoms with Crippen molar-refractivity contribution < 1.29 is 14.3 Å². The average molecular weight is 370 g/mol. The largest absolute Gasteiger partial charge is 0.494 e. The molecule has 0 spiro atoms. The van der Waals surface area contributed by atoms with E-state index in [-0.39, 0.29) is 18.2 Å². The summed E-state index contributed by atoms with van der Waals surface area (Å²) in [5.74, 6) is 0.654. The van der Waals surface area contributed by atoms with E-state index in [1.807, 2.05) is 55.5 Å². The van der Waals surface area contributed by atoms with Crippen molar-refractivity contribution in [3.05, 3.63) is 54.1 Å². The maximum absolute atomic E-state index is 12.6. The first kappa shape index (κ1) is 18.3. The Kier molecular flexibility index (Phi) is 5.83. The van der Waals surface area contributed by atoms with Gasteiger partial charge in [0.25, 0.3) is 0 Å². The topological polar surface area (TPSA) is 58.6 Å². The Bertz CT molecular complexity index is 792. The summed E-state index contributed by atoms with van der Waals surface area (Å²) in [6.45, 7) is 3.07. The summed E-state index contributed by atoms with van der Waals surface area (Å²) in [4.78, 5) is 27.5. The fourth-order valence-corrected chi connectivity index (χ4v) is 3.86. The molecule has 26 heavy (non-hydrogen) atoms. The molecule has 1 aliphatic rings. The van der Waals surface area contributed by atoms with Crippen LogP contribution in [0, 0.1) is 0 Å². The standard InChI is InChI=1S/C20H22N2O3S/c1-3-25-15-10-8-14(9-11-15)13-22(2)19(23)12-18-20(24)21-16-6-4-5-7-17(16)26-18/h4-11,18H,3,12-13H2,1-2H3,(H,21,24)/t18-/m0/s1. The third kappa shape index (κ3) is 4.38. The van der Waals surface area contributed by atoms with Gasteiger partial charge in [0, 0.05) is 24.9 Å². The minimum atomic E-state index is -0.403. The number of thioether (sulfide) groups is 1. The van der Waals surface area contributed by atoms with Gasteiger partial charge in [-0.15, -0.1) is 11.8 Å². The van der Waals surface area contributed by atoms with E-state index in [1.165, 1.54) is 11.8 Å². The molecule has 0 saturated heterocycles. The fraction of sp³-hybridized carbons (Fsp3) is 0.300. The number of nitrogens with zero attached hydrogens (tertiary/aromatic N) is 1. The van der Waals surface area contributed by atoms with Crippen molar-refractivity contribution in [2.45, 2.75) is 30.0 Å². The fourth-order valence-electron chi connectivity index (χ4n) is 2.76. The summed E-state index contributed by atoms with van der Waals surface area (Å²) in [6, 6.07) is 15.4. The van der Waals surface area contributed by atoms with Crippen LogP contribution in [-0.4, -0.2) is 35.6 Å². The molecule has 1 N–H and O–H groups in total. The molecule has 1 atom stereocenters. The zero-order valence-corrected chi connectivity index (χ0v) is 15.7. The Morgan fingerprint density at radius 1 is 1.19 bits per heavy atom. The van der Waals surface area contributed by atoms with Gasteiger partial charge in [-0.1, -0.05) is 24.3 Å². The van der Waals surface area contributed by atoms with Crippen molar-refractivity contribution in [2.75, 3.05) is 19.0 Å². The van der Waals surface area contributed by atoms with Crippen molar-refractivity contribution in [2.24, 2.45) is 0 Å². The average Bonchev–Trinajstić information content (AvgIpc) is 2.64. The van der Waals surface area contributed by atoms with Gasteiger partial charge in [-0.25, -0.2) is 0 Å². The van der Waals surface area contributed by atoms with Gasteiger partial charge in [-0.05, 0) is 36.8 Å². The number of carbonyl (C=O) groups is 2. The highest BCUT2D eigenvalue weighted by Gasteiger charge is 2.29. The number of benzene rings is 2. The van der Waals surface area contributed by atoms with Crippen LogP contribution in [0.25, 0.3) is 0 Å². The molecular formula is C20H22N2O3S. The lowest BCUT2D eigenvalue weighted by molar-refractivity contribution is -0.131. The van der Waals surface area contributed by atoms with Crippen LogP contribution in [0.4, 0.5) is 5.69 Å². The monoisotopic (exact) mass is 370 g/mol. The Morgan fingerprint density at radius 2 is 1.92 bits per heavy atom. The van der Waals surface area contributed by atoms with Gasteiger partial charge in [0.2, 0.25) is 11.8 Å². The highest BCUT2D eigenvalue weighted by atomic mass is 32.2. The van der Waals surface area contributed by atoms with E-state index in [1.54, 1.807) is 11.9 Å². The van der Waals surface area contributed by atoms with Gasteiger partial charge in [-0.2, -0.15) is 0 Å². The first-order chi connectivity index (χ1) is 12.6. The number of para-hydroxylation sites is 1. The van der Waals surface area contributed by atoms with E-state index in [9.17, 15) is 9.59 Å². The summed E-state index contributed by atoms with van der Waals surface area (Å²) >= 11 is 1.45. The normalized spacial score (nSPS) is 15.8. The van der Waals surface area contributed by atoms with Crippen LogP contribution in [-0.2, 0) is 16.1 Å². The SMILES string of the molecule is CCOc1ccc(CN(C)C(=O)C[C@@H]2Sc3ccccc3NC2=O)cc1. The lowest BCUT2D eigenvalue weighted by Gasteiger charge is -2.25. The predicted molar refractivity (Wildman–Crippen MR) is 103 cm³/mol. The van der Waals surface area contributed by atoms with Gasteiger partial charge >= 0.3 is 0 Å². The molecular weight excluding hydrogens is 348 g/mol. The second kappa shape index (κ2) is 8.27. The Morgan fingerprint density at radius 3 is 2.65 bits per heavy atom. The van der Waals surface area contributed by atoms with Crippen molar-refractivity contribution in [1.82, 2.24) is 4.90 Å². The van der Waals surface area contributed by atoms with E-state index in [2.05, 4.69) is 5.32 Å². The number of nitrogens with one attached hydrogen (secondary N) is 1. The maximum Gasteiger partial charge on any atom is 0.238 e. The molecule has 0 fully saturated rings. The quantitative estimate of drug-likeness (QED) is 0.845. The maximum atomic E-state index is 12.6. The third-order valence-corrected chi connectivity index (χ3v) is 5.42. The van der Waals surface area contributed by atoms with Crippen molar-refractivity contribution in [1.29, 1.82) is 0 Å². The van der Waals surface area contributed by atoms with Crippen LogP contribution in [0.5, 0.6) is 5.75 Å². The van der Waals surface area contributed by atoms with Crippen LogP contribution in [0.15, 0.2) is 53.4 Å². The first-order valence-corrected chi connectivity index (χ1v) is 9.47. The van der Waals surface area contributed by atoms with Gasteiger partial charge in [0.05, 0.1) is 17.5 Å². The Hall–Kier alpha value is -2.47. The van der Waals surface area contributed by atoms with Crippen LogP contribution in [0.3, 0.4) is 0 Å². The summed E-state index contributed by atoms with van der Waals surface area (Å²) in [5.41, 5.74) is 1.84. The van der Waals surface area contributed by atoms with Gasteiger partial charge in [-0.3, -0.25) is 9.59 Å². The van der Waals surface area contributed by atoms with E-state index in [4.69, 9.17) is 4.74 Å². The highest BCUT2D eigenvalue weighted by Crippen LogP contribution is 2.36. The predicted octanol–water partition coefficient (Wildman–Crippen LogP) is 3.55.